The quantitative estimate of drug-likeness (QED) is 0.144. The molecule has 8 heteroatoms. The Morgan fingerprint density at radius 3 is 1.77 bits per heavy atom. The molecule has 0 aromatic heterocycles. The Bertz CT molecular complexity index is 2940. The van der Waals surface area contributed by atoms with Crippen LogP contribution in [0.15, 0.2) is 152 Å². The van der Waals surface area contributed by atoms with E-state index in [1.807, 2.05) is 128 Å². The molecule has 11 rings (SSSR count). The summed E-state index contributed by atoms with van der Waals surface area (Å²) in [5, 5.41) is 3.55. The number of unbranched alkanes of at least 4 members (excludes halogenated alkanes) is 2. The van der Waals surface area contributed by atoms with Crippen LogP contribution in [0.4, 0.5) is 17.1 Å². The summed E-state index contributed by atoms with van der Waals surface area (Å²) in [6.07, 6.45) is 4.56. The first-order valence-electron chi connectivity index (χ1n) is 22.3. The van der Waals surface area contributed by atoms with Gasteiger partial charge < -0.3 is 29.2 Å². The van der Waals surface area contributed by atoms with Crippen LogP contribution in [0.1, 0.15) is 105 Å². The summed E-state index contributed by atoms with van der Waals surface area (Å²) in [6, 6.07) is 49.6. The molecule has 2 spiro atoms. The lowest BCUT2D eigenvalue weighted by Crippen LogP contribution is -2.33. The minimum Gasteiger partial charge on any atom is -0.456 e. The Morgan fingerprint density at radius 1 is 0.500 bits per heavy atom. The van der Waals surface area contributed by atoms with Crippen molar-refractivity contribution in [1.82, 2.24) is 0 Å². The number of para-hydroxylation sites is 2. The van der Waals surface area contributed by atoms with Gasteiger partial charge >= 0.3 is 11.9 Å². The zero-order valence-electron chi connectivity index (χ0n) is 36.6. The normalized spacial score (nSPS) is 17.8. The first-order valence-corrected chi connectivity index (χ1v) is 22.3. The summed E-state index contributed by atoms with van der Waals surface area (Å²) in [7, 11) is 0. The molecule has 2 unspecified atom stereocenters. The summed E-state index contributed by atoms with van der Waals surface area (Å²) >= 11 is 0. The number of carbonyl (C=O) groups is 2. The van der Waals surface area contributed by atoms with Gasteiger partial charge in [-0.3, -0.25) is 0 Å². The van der Waals surface area contributed by atoms with E-state index in [-0.39, 0.29) is 11.9 Å². The number of ether oxygens (including phenoxy) is 4. The van der Waals surface area contributed by atoms with Gasteiger partial charge in [-0.15, -0.1) is 0 Å². The molecule has 7 aromatic rings. The first-order chi connectivity index (χ1) is 31.3. The Balaban J connectivity index is 0.000000171. The van der Waals surface area contributed by atoms with E-state index >= 15 is 0 Å². The highest BCUT2D eigenvalue weighted by molar-refractivity contribution is 5.98. The largest absolute Gasteiger partial charge is 0.456 e. The number of fused-ring (bicyclic) bond motifs is 12. The van der Waals surface area contributed by atoms with Gasteiger partial charge in [0, 0.05) is 64.0 Å². The zero-order chi connectivity index (χ0) is 44.0. The van der Waals surface area contributed by atoms with Crippen LogP contribution < -0.4 is 19.7 Å². The molecule has 64 heavy (non-hydrogen) atoms. The Kier molecular flexibility index (Phi) is 10.5. The lowest BCUT2D eigenvalue weighted by atomic mass is 9.76. The fraction of sp³-hybridized carbons (Fsp3) is 0.214. The van der Waals surface area contributed by atoms with Crippen molar-refractivity contribution in [1.29, 1.82) is 0 Å². The SMILES string of the molecule is CCCCN(CCCC)c1ccc2c(c1)Oc1cc(C)c(Nc3ccccc3)cc1C21OC(=O)c2ccccc21.Cc1cccc2c1C1(OC(=O)c3ccccc31)c1ccccc1O2. The van der Waals surface area contributed by atoms with Crippen molar-refractivity contribution < 1.29 is 28.5 Å². The number of nitrogens with zero attached hydrogens (tertiary/aromatic N) is 1. The van der Waals surface area contributed by atoms with E-state index in [1.165, 1.54) is 0 Å². The minimum absolute atomic E-state index is 0.295. The van der Waals surface area contributed by atoms with Gasteiger partial charge in [-0.2, -0.15) is 0 Å². The number of anilines is 3. The van der Waals surface area contributed by atoms with Crippen LogP contribution in [-0.2, 0) is 20.7 Å². The molecule has 4 aliphatic rings. The Hall–Kier alpha value is -7.32. The average Bonchev–Trinajstić information content (AvgIpc) is 3.78. The van der Waals surface area contributed by atoms with Gasteiger partial charge in [-0.1, -0.05) is 112 Å². The lowest BCUT2D eigenvalue weighted by molar-refractivity contribution is 0.0213. The van der Waals surface area contributed by atoms with Crippen molar-refractivity contribution >= 4 is 29.0 Å². The molecule has 7 aromatic carbocycles. The second-order valence-corrected chi connectivity index (χ2v) is 16.9. The van der Waals surface area contributed by atoms with Crippen molar-refractivity contribution in [3.05, 3.63) is 207 Å². The van der Waals surface area contributed by atoms with Crippen LogP contribution in [0.5, 0.6) is 23.0 Å². The molecular formula is C56H50N2O6. The van der Waals surface area contributed by atoms with Crippen LogP contribution in [-0.4, -0.2) is 25.0 Å². The van der Waals surface area contributed by atoms with Crippen molar-refractivity contribution in [3.63, 3.8) is 0 Å². The van der Waals surface area contributed by atoms with Crippen LogP contribution in [0, 0.1) is 13.8 Å². The zero-order valence-corrected chi connectivity index (χ0v) is 36.6. The van der Waals surface area contributed by atoms with E-state index in [1.54, 1.807) is 0 Å². The smallest absolute Gasteiger partial charge is 0.340 e. The van der Waals surface area contributed by atoms with E-state index in [4.69, 9.17) is 18.9 Å². The van der Waals surface area contributed by atoms with Crippen LogP contribution in [0.3, 0.4) is 0 Å². The third-order valence-corrected chi connectivity index (χ3v) is 12.9. The molecule has 0 radical (unpaired) electrons. The average molecular weight is 847 g/mol. The molecule has 320 valence electrons. The summed E-state index contributed by atoms with van der Waals surface area (Å²) < 4.78 is 25.3. The van der Waals surface area contributed by atoms with Crippen molar-refractivity contribution in [2.75, 3.05) is 23.3 Å². The molecule has 1 N–H and O–H groups in total. The lowest BCUT2D eigenvalue weighted by Gasteiger charge is -2.38. The molecule has 4 aliphatic heterocycles. The highest BCUT2D eigenvalue weighted by Gasteiger charge is 2.55. The summed E-state index contributed by atoms with van der Waals surface area (Å²) in [4.78, 5) is 28.4. The number of aryl methyl sites for hydroxylation is 2. The third kappa shape index (κ3) is 6.59. The van der Waals surface area contributed by atoms with Crippen LogP contribution >= 0.6 is 0 Å². The predicted molar refractivity (Wildman–Crippen MR) is 251 cm³/mol. The fourth-order valence-corrected chi connectivity index (χ4v) is 9.76. The Labute approximate surface area is 374 Å². The molecule has 0 amide bonds. The number of esters is 2. The molecule has 0 saturated carbocycles. The number of hydrogen-bond acceptors (Lipinski definition) is 8. The van der Waals surface area contributed by atoms with Crippen molar-refractivity contribution in [2.45, 2.75) is 64.6 Å². The van der Waals surface area contributed by atoms with E-state index in [2.05, 4.69) is 61.3 Å². The molecule has 0 aliphatic carbocycles. The van der Waals surface area contributed by atoms with Gasteiger partial charge in [-0.05, 0) is 98.5 Å². The number of hydrogen-bond donors (Lipinski definition) is 1. The van der Waals surface area contributed by atoms with Gasteiger partial charge in [0.25, 0.3) is 0 Å². The van der Waals surface area contributed by atoms with E-state index in [0.29, 0.717) is 16.9 Å². The number of benzene rings is 7. The fourth-order valence-electron chi connectivity index (χ4n) is 9.76. The first kappa shape index (κ1) is 40.7. The second kappa shape index (κ2) is 16.4. The van der Waals surface area contributed by atoms with Gasteiger partial charge in [0.1, 0.15) is 23.0 Å². The van der Waals surface area contributed by atoms with Gasteiger partial charge in [0.05, 0.1) is 16.7 Å². The second-order valence-electron chi connectivity index (χ2n) is 16.9. The Morgan fingerprint density at radius 2 is 1.06 bits per heavy atom. The summed E-state index contributed by atoms with van der Waals surface area (Å²) in [6.45, 7) is 10.5. The maximum atomic E-state index is 13.3. The third-order valence-electron chi connectivity index (χ3n) is 12.9. The van der Waals surface area contributed by atoms with Crippen LogP contribution in [0.25, 0.3) is 0 Å². The summed E-state index contributed by atoms with van der Waals surface area (Å²) in [5.41, 5.74) is 9.49. The van der Waals surface area contributed by atoms with Crippen molar-refractivity contribution in [3.8, 4) is 23.0 Å². The topological polar surface area (TPSA) is 86.3 Å². The molecule has 4 heterocycles. The van der Waals surface area contributed by atoms with Gasteiger partial charge in [-0.25, -0.2) is 9.59 Å². The monoisotopic (exact) mass is 846 g/mol. The standard InChI is InChI=1S/C35H36N2O3.C21H14O3/c1-4-6-19-37(20-7-5-2)26-17-18-29-33(22-26)39-32-21-24(3)31(36-25-13-9-8-10-14-25)23-30(32)35(29)28-16-12-11-15-27(28)34(38)40-35;1-13-7-6-12-18-19(13)21(16-10-4-5-11-17(16)23-18)15-9-3-2-8-14(15)20(22)24-21/h8-18,21-23,36H,4-7,19-20H2,1-3H3;2-12H,1H3. The minimum atomic E-state index is -1.09. The molecular weight excluding hydrogens is 797 g/mol. The molecule has 8 nitrogen and oxygen atoms in total. The molecule has 0 fully saturated rings. The highest BCUT2D eigenvalue weighted by Crippen LogP contribution is 2.59. The van der Waals surface area contributed by atoms with E-state index < -0.39 is 11.2 Å². The van der Waals surface area contributed by atoms with Crippen molar-refractivity contribution in [2.24, 2.45) is 0 Å². The van der Waals surface area contributed by atoms with Gasteiger partial charge in [0.2, 0.25) is 0 Å². The maximum absolute atomic E-state index is 13.3. The molecule has 0 saturated heterocycles. The number of rotatable bonds is 9. The highest BCUT2D eigenvalue weighted by atomic mass is 16.6. The van der Waals surface area contributed by atoms with E-state index in [9.17, 15) is 9.59 Å². The molecule has 0 bridgehead atoms. The van der Waals surface area contributed by atoms with E-state index in [0.717, 1.165) is 118 Å². The van der Waals surface area contributed by atoms with Crippen LogP contribution in [0.2, 0.25) is 0 Å². The number of nitrogens with one attached hydrogen (secondary N) is 1. The summed E-state index contributed by atoms with van der Waals surface area (Å²) in [5.74, 6) is 2.29. The number of carbonyl (C=O) groups excluding carboxylic acids is 2. The predicted octanol–water partition coefficient (Wildman–Crippen LogP) is 13.3. The maximum Gasteiger partial charge on any atom is 0.340 e. The molecule has 2 atom stereocenters. The van der Waals surface area contributed by atoms with Gasteiger partial charge in [0.15, 0.2) is 11.2 Å².